The Bertz CT molecular complexity index is 326. The van der Waals surface area contributed by atoms with Crippen LogP contribution in [0.4, 0.5) is 0 Å². The number of nitrogens with zero attached hydrogens (tertiary/aromatic N) is 3. The normalized spacial score (nSPS) is 22.0. The summed E-state index contributed by atoms with van der Waals surface area (Å²) in [6, 6.07) is 4.37. The van der Waals surface area contributed by atoms with E-state index in [2.05, 4.69) is 22.0 Å². The van der Waals surface area contributed by atoms with Crippen LogP contribution in [-0.2, 0) is 0 Å². The molecule has 0 aliphatic carbocycles. The first-order chi connectivity index (χ1) is 7.85. The smallest absolute Gasteiger partial charge is 0.233 e. The summed E-state index contributed by atoms with van der Waals surface area (Å²) in [5.74, 6) is 0.586. The van der Waals surface area contributed by atoms with E-state index in [0.29, 0.717) is 11.9 Å². The fourth-order valence-electron chi connectivity index (χ4n) is 2.32. The van der Waals surface area contributed by atoms with Gasteiger partial charge in [0.2, 0.25) is 5.88 Å². The lowest BCUT2D eigenvalue weighted by atomic mass is 9.99. The quantitative estimate of drug-likeness (QED) is 0.782. The van der Waals surface area contributed by atoms with Crippen molar-refractivity contribution in [3.8, 4) is 5.88 Å². The molecule has 1 atom stereocenters. The summed E-state index contributed by atoms with van der Waals surface area (Å²) in [5.41, 5.74) is 1.07. The van der Waals surface area contributed by atoms with Gasteiger partial charge in [0.1, 0.15) is 0 Å². The fourth-order valence-corrected chi connectivity index (χ4v) is 2.32. The topological polar surface area (TPSA) is 38.2 Å². The standard InChI is InChI=1S/C12H19N3O/c1-3-15-9-5-4-6-11(15)10-7-8-12(16-2)14-13-10/h7-8,11H,3-6,9H2,1-2H3. The highest BCUT2D eigenvalue weighted by Gasteiger charge is 2.23. The Kier molecular flexibility index (Phi) is 3.72. The molecule has 0 amide bonds. The number of aromatic nitrogens is 2. The first-order valence-electron chi connectivity index (χ1n) is 5.96. The van der Waals surface area contributed by atoms with Crippen LogP contribution in [0.5, 0.6) is 5.88 Å². The van der Waals surface area contributed by atoms with Gasteiger partial charge in [-0.05, 0) is 32.0 Å². The second-order valence-electron chi connectivity index (χ2n) is 4.14. The van der Waals surface area contributed by atoms with E-state index in [4.69, 9.17) is 4.74 Å². The highest BCUT2D eigenvalue weighted by molar-refractivity contribution is 5.14. The lowest BCUT2D eigenvalue weighted by Gasteiger charge is -2.34. The largest absolute Gasteiger partial charge is 0.480 e. The molecule has 0 spiro atoms. The molecule has 0 bridgehead atoms. The first-order valence-corrected chi connectivity index (χ1v) is 5.96. The van der Waals surface area contributed by atoms with Gasteiger partial charge in [-0.25, -0.2) is 0 Å². The number of ether oxygens (including phenoxy) is 1. The Morgan fingerprint density at radius 1 is 1.38 bits per heavy atom. The molecule has 0 aromatic carbocycles. The van der Waals surface area contributed by atoms with Crippen molar-refractivity contribution in [1.29, 1.82) is 0 Å². The number of hydrogen-bond donors (Lipinski definition) is 0. The van der Waals surface area contributed by atoms with Crippen LogP contribution in [-0.4, -0.2) is 35.3 Å². The van der Waals surface area contributed by atoms with Gasteiger partial charge in [0.05, 0.1) is 18.8 Å². The van der Waals surface area contributed by atoms with Gasteiger partial charge in [-0.15, -0.1) is 5.10 Å². The average molecular weight is 221 g/mol. The van der Waals surface area contributed by atoms with E-state index in [1.54, 1.807) is 7.11 Å². The zero-order valence-corrected chi connectivity index (χ0v) is 10.0. The molecule has 1 fully saturated rings. The minimum atomic E-state index is 0.442. The Hall–Kier alpha value is -1.16. The van der Waals surface area contributed by atoms with Gasteiger partial charge in [-0.2, -0.15) is 5.10 Å². The van der Waals surface area contributed by atoms with E-state index in [1.807, 2.05) is 12.1 Å². The second kappa shape index (κ2) is 5.25. The molecule has 1 aromatic heterocycles. The molecule has 0 radical (unpaired) electrons. The second-order valence-corrected chi connectivity index (χ2v) is 4.14. The molecule has 4 heteroatoms. The summed E-state index contributed by atoms with van der Waals surface area (Å²) in [6.07, 6.45) is 3.78. The van der Waals surface area contributed by atoms with Gasteiger partial charge in [0.25, 0.3) is 0 Å². The zero-order chi connectivity index (χ0) is 11.4. The predicted octanol–water partition coefficient (Wildman–Crippen LogP) is 2.03. The molecule has 0 N–H and O–H groups in total. The van der Waals surface area contributed by atoms with Crippen LogP contribution in [0.25, 0.3) is 0 Å². The molecule has 1 aliphatic rings. The van der Waals surface area contributed by atoms with Crippen molar-refractivity contribution in [3.63, 3.8) is 0 Å². The summed E-state index contributed by atoms with van der Waals surface area (Å²) in [4.78, 5) is 2.47. The molecule has 1 aliphatic heterocycles. The van der Waals surface area contributed by atoms with Crippen LogP contribution in [0.1, 0.15) is 37.9 Å². The summed E-state index contributed by atoms with van der Waals surface area (Å²) < 4.78 is 5.02. The number of hydrogen-bond acceptors (Lipinski definition) is 4. The summed E-state index contributed by atoms with van der Waals surface area (Å²) in [6.45, 7) is 4.46. The van der Waals surface area contributed by atoms with E-state index in [-0.39, 0.29) is 0 Å². The van der Waals surface area contributed by atoms with Crippen molar-refractivity contribution in [2.24, 2.45) is 0 Å². The SMILES string of the molecule is CCN1CCCCC1c1ccc(OC)nn1. The molecular weight excluding hydrogens is 202 g/mol. The Morgan fingerprint density at radius 3 is 2.88 bits per heavy atom. The van der Waals surface area contributed by atoms with Gasteiger partial charge in [0, 0.05) is 6.07 Å². The number of piperidine rings is 1. The molecule has 0 saturated carbocycles. The molecular formula is C12H19N3O. The highest BCUT2D eigenvalue weighted by Crippen LogP contribution is 2.29. The Labute approximate surface area is 96.6 Å². The third kappa shape index (κ3) is 2.32. The van der Waals surface area contributed by atoms with E-state index < -0.39 is 0 Å². The minimum absolute atomic E-state index is 0.442. The van der Waals surface area contributed by atoms with Crippen LogP contribution >= 0.6 is 0 Å². The lowest BCUT2D eigenvalue weighted by molar-refractivity contribution is 0.152. The van der Waals surface area contributed by atoms with Crippen LogP contribution in [0.2, 0.25) is 0 Å². The number of likely N-dealkylation sites (tertiary alicyclic amines) is 1. The Morgan fingerprint density at radius 2 is 2.25 bits per heavy atom. The first kappa shape index (κ1) is 11.3. The number of methoxy groups -OCH3 is 1. The number of rotatable bonds is 3. The van der Waals surface area contributed by atoms with Crippen LogP contribution in [0.3, 0.4) is 0 Å². The van der Waals surface area contributed by atoms with Gasteiger partial charge in [-0.3, -0.25) is 4.90 Å². The summed E-state index contributed by atoms with van der Waals surface area (Å²) in [7, 11) is 1.61. The maximum Gasteiger partial charge on any atom is 0.233 e. The van der Waals surface area contributed by atoms with Crippen molar-refractivity contribution in [1.82, 2.24) is 15.1 Å². The van der Waals surface area contributed by atoms with E-state index >= 15 is 0 Å². The van der Waals surface area contributed by atoms with Gasteiger partial charge in [-0.1, -0.05) is 13.3 Å². The summed E-state index contributed by atoms with van der Waals surface area (Å²) in [5, 5.41) is 8.30. The molecule has 1 aromatic rings. The summed E-state index contributed by atoms with van der Waals surface area (Å²) >= 11 is 0. The molecule has 1 saturated heterocycles. The predicted molar refractivity (Wildman–Crippen MR) is 62.4 cm³/mol. The minimum Gasteiger partial charge on any atom is -0.480 e. The van der Waals surface area contributed by atoms with Crippen LogP contribution < -0.4 is 4.74 Å². The average Bonchev–Trinajstić information content (AvgIpc) is 2.39. The van der Waals surface area contributed by atoms with E-state index in [1.165, 1.54) is 25.8 Å². The maximum atomic E-state index is 5.02. The van der Waals surface area contributed by atoms with Crippen molar-refractivity contribution < 1.29 is 4.74 Å². The van der Waals surface area contributed by atoms with Crippen molar-refractivity contribution in [3.05, 3.63) is 17.8 Å². The monoisotopic (exact) mass is 221 g/mol. The highest BCUT2D eigenvalue weighted by atomic mass is 16.5. The third-order valence-electron chi connectivity index (χ3n) is 3.23. The van der Waals surface area contributed by atoms with Crippen molar-refractivity contribution in [2.45, 2.75) is 32.2 Å². The lowest BCUT2D eigenvalue weighted by Crippen LogP contribution is -2.33. The molecule has 88 valence electrons. The van der Waals surface area contributed by atoms with Crippen LogP contribution in [0.15, 0.2) is 12.1 Å². The van der Waals surface area contributed by atoms with E-state index in [0.717, 1.165) is 12.2 Å². The Balaban J connectivity index is 2.14. The maximum absolute atomic E-state index is 5.02. The van der Waals surface area contributed by atoms with Gasteiger partial charge >= 0.3 is 0 Å². The van der Waals surface area contributed by atoms with E-state index in [9.17, 15) is 0 Å². The fraction of sp³-hybridized carbons (Fsp3) is 0.667. The van der Waals surface area contributed by atoms with Crippen molar-refractivity contribution in [2.75, 3.05) is 20.2 Å². The zero-order valence-electron chi connectivity index (χ0n) is 10.0. The third-order valence-corrected chi connectivity index (χ3v) is 3.23. The van der Waals surface area contributed by atoms with Crippen LogP contribution in [0, 0.1) is 0 Å². The molecule has 2 heterocycles. The van der Waals surface area contributed by atoms with Crippen molar-refractivity contribution >= 4 is 0 Å². The van der Waals surface area contributed by atoms with Gasteiger partial charge < -0.3 is 4.74 Å². The van der Waals surface area contributed by atoms with Gasteiger partial charge in [0.15, 0.2) is 0 Å². The molecule has 2 rings (SSSR count). The molecule has 4 nitrogen and oxygen atoms in total. The molecule has 1 unspecified atom stereocenters. The molecule has 16 heavy (non-hydrogen) atoms.